The average Bonchev–Trinajstić information content (AvgIpc) is 2.88. The van der Waals surface area contributed by atoms with Gasteiger partial charge in [0, 0.05) is 30.2 Å². The molecular weight excluding hydrogens is 250 g/mol. The third kappa shape index (κ3) is 3.11. The molecule has 0 radical (unpaired) electrons. The van der Waals surface area contributed by atoms with Crippen LogP contribution >= 0.6 is 11.6 Å². The summed E-state index contributed by atoms with van der Waals surface area (Å²) < 4.78 is 0. The van der Waals surface area contributed by atoms with E-state index in [0.29, 0.717) is 17.3 Å². The lowest BCUT2D eigenvalue weighted by molar-refractivity contribution is 0.0950. The maximum Gasteiger partial charge on any atom is 0.251 e. The first-order valence-electron chi connectivity index (χ1n) is 5.75. The Bertz CT molecular complexity index is 537. The Morgan fingerprint density at radius 2 is 2.33 bits per heavy atom. The van der Waals surface area contributed by atoms with Crippen molar-refractivity contribution in [1.29, 1.82) is 0 Å². The summed E-state index contributed by atoms with van der Waals surface area (Å²) in [4.78, 5) is 19.0. The van der Waals surface area contributed by atoms with Gasteiger partial charge in [-0.15, -0.1) is 0 Å². The number of aromatic amines is 1. The van der Waals surface area contributed by atoms with Crippen molar-refractivity contribution in [2.24, 2.45) is 0 Å². The number of rotatable bonds is 4. The van der Waals surface area contributed by atoms with Gasteiger partial charge in [0.25, 0.3) is 5.91 Å². The highest BCUT2D eigenvalue weighted by molar-refractivity contribution is 6.29. The number of aryl methyl sites for hydroxylation is 1. The molecule has 1 amide bonds. The molecule has 0 aromatic carbocycles. The molecule has 2 aromatic heterocycles. The summed E-state index contributed by atoms with van der Waals surface area (Å²) in [5.41, 5.74) is 2.39. The predicted octanol–water partition coefficient (Wildman–Crippen LogP) is 2.56. The molecule has 2 aromatic rings. The van der Waals surface area contributed by atoms with Gasteiger partial charge in [0.15, 0.2) is 0 Å². The molecule has 5 heteroatoms. The summed E-state index contributed by atoms with van der Waals surface area (Å²) in [5.74, 6) is -0.143. The van der Waals surface area contributed by atoms with Crippen LogP contribution in [0.4, 0.5) is 0 Å². The third-order valence-electron chi connectivity index (χ3n) is 2.59. The van der Waals surface area contributed by atoms with Crippen molar-refractivity contribution in [3.05, 3.63) is 52.6 Å². The topological polar surface area (TPSA) is 57.8 Å². The number of halogens is 1. The van der Waals surface area contributed by atoms with Gasteiger partial charge in [0.05, 0.1) is 0 Å². The minimum absolute atomic E-state index is 0.143. The first-order valence-corrected chi connectivity index (χ1v) is 6.13. The summed E-state index contributed by atoms with van der Waals surface area (Å²) in [6, 6.07) is 5.25. The third-order valence-corrected chi connectivity index (χ3v) is 2.78. The SMILES string of the molecule is CCc1cc(C(=O)NCc2cc[nH]c2)cc(Cl)n1. The zero-order valence-electron chi connectivity index (χ0n) is 10.0. The largest absolute Gasteiger partial charge is 0.367 e. The molecule has 0 spiro atoms. The lowest BCUT2D eigenvalue weighted by atomic mass is 10.2. The Labute approximate surface area is 110 Å². The summed E-state index contributed by atoms with van der Waals surface area (Å²) in [7, 11) is 0. The van der Waals surface area contributed by atoms with E-state index in [-0.39, 0.29) is 5.91 Å². The number of nitrogens with one attached hydrogen (secondary N) is 2. The molecule has 2 rings (SSSR count). The van der Waals surface area contributed by atoms with Gasteiger partial charge >= 0.3 is 0 Å². The van der Waals surface area contributed by atoms with Gasteiger partial charge in [-0.25, -0.2) is 4.98 Å². The summed E-state index contributed by atoms with van der Waals surface area (Å²) in [6.45, 7) is 2.46. The maximum absolute atomic E-state index is 12.0. The minimum Gasteiger partial charge on any atom is -0.367 e. The number of nitrogens with zero attached hydrogens (tertiary/aromatic N) is 1. The van der Waals surface area contributed by atoms with Crippen LogP contribution in [0.5, 0.6) is 0 Å². The fourth-order valence-corrected chi connectivity index (χ4v) is 1.84. The number of carbonyl (C=O) groups excluding carboxylic acids is 1. The van der Waals surface area contributed by atoms with Gasteiger partial charge in [0.2, 0.25) is 0 Å². The maximum atomic E-state index is 12.0. The van der Waals surface area contributed by atoms with Gasteiger partial charge < -0.3 is 10.3 Å². The quantitative estimate of drug-likeness (QED) is 0.833. The van der Waals surface area contributed by atoms with Crippen LogP contribution in [0, 0.1) is 0 Å². The number of pyridine rings is 1. The molecule has 0 unspecified atom stereocenters. The summed E-state index contributed by atoms with van der Waals surface area (Å²) >= 11 is 5.88. The molecule has 0 aliphatic rings. The Balaban J connectivity index is 2.06. The highest BCUT2D eigenvalue weighted by Crippen LogP contribution is 2.11. The average molecular weight is 264 g/mol. The standard InChI is InChI=1S/C13H14ClN3O/c1-2-11-5-10(6-12(14)17-11)13(18)16-8-9-3-4-15-7-9/h3-7,15H,2,8H2,1H3,(H,16,18). The lowest BCUT2D eigenvalue weighted by Gasteiger charge is -2.06. The van der Waals surface area contributed by atoms with Crippen molar-refractivity contribution in [1.82, 2.24) is 15.3 Å². The zero-order chi connectivity index (χ0) is 13.0. The summed E-state index contributed by atoms with van der Waals surface area (Å²) in [6.07, 6.45) is 4.41. The van der Waals surface area contributed by atoms with Crippen LogP contribution in [0.15, 0.2) is 30.6 Å². The second-order valence-electron chi connectivity index (χ2n) is 3.93. The minimum atomic E-state index is -0.143. The van der Waals surface area contributed by atoms with E-state index >= 15 is 0 Å². The van der Waals surface area contributed by atoms with E-state index in [2.05, 4.69) is 15.3 Å². The highest BCUT2D eigenvalue weighted by atomic mass is 35.5. The van der Waals surface area contributed by atoms with E-state index in [4.69, 9.17) is 11.6 Å². The van der Waals surface area contributed by atoms with Crippen LogP contribution in [0.2, 0.25) is 5.15 Å². The molecule has 0 aliphatic heterocycles. The van der Waals surface area contributed by atoms with Gasteiger partial charge in [-0.1, -0.05) is 18.5 Å². The van der Waals surface area contributed by atoms with Crippen molar-refractivity contribution in [2.75, 3.05) is 0 Å². The molecule has 0 aliphatic carbocycles. The number of aromatic nitrogens is 2. The van der Waals surface area contributed by atoms with Gasteiger partial charge in [-0.05, 0) is 30.2 Å². The molecule has 94 valence electrons. The molecule has 4 nitrogen and oxygen atoms in total. The highest BCUT2D eigenvalue weighted by Gasteiger charge is 2.08. The zero-order valence-corrected chi connectivity index (χ0v) is 10.8. The number of amides is 1. The first-order chi connectivity index (χ1) is 8.69. The van der Waals surface area contributed by atoms with Gasteiger partial charge in [-0.2, -0.15) is 0 Å². The van der Waals surface area contributed by atoms with E-state index in [9.17, 15) is 4.79 Å². The molecule has 0 saturated heterocycles. The summed E-state index contributed by atoms with van der Waals surface area (Å²) in [5, 5.41) is 3.18. The van der Waals surface area contributed by atoms with Crippen LogP contribution in [0.3, 0.4) is 0 Å². The Morgan fingerprint density at radius 3 is 3.00 bits per heavy atom. The fourth-order valence-electron chi connectivity index (χ4n) is 1.62. The Morgan fingerprint density at radius 1 is 1.50 bits per heavy atom. The van der Waals surface area contributed by atoms with Crippen LogP contribution in [-0.4, -0.2) is 15.9 Å². The van der Waals surface area contributed by atoms with E-state index in [1.807, 2.05) is 25.4 Å². The lowest BCUT2D eigenvalue weighted by Crippen LogP contribution is -2.22. The second-order valence-corrected chi connectivity index (χ2v) is 4.31. The van der Waals surface area contributed by atoms with E-state index < -0.39 is 0 Å². The smallest absolute Gasteiger partial charge is 0.251 e. The molecular formula is C13H14ClN3O. The van der Waals surface area contributed by atoms with Crippen molar-refractivity contribution in [2.45, 2.75) is 19.9 Å². The second kappa shape index (κ2) is 5.69. The van der Waals surface area contributed by atoms with E-state index in [1.165, 1.54) is 0 Å². The number of hydrogen-bond acceptors (Lipinski definition) is 2. The Kier molecular flexibility index (Phi) is 3.99. The number of carbonyl (C=O) groups is 1. The van der Waals surface area contributed by atoms with Crippen molar-refractivity contribution in [3.63, 3.8) is 0 Å². The van der Waals surface area contributed by atoms with Crippen LogP contribution in [0.25, 0.3) is 0 Å². The van der Waals surface area contributed by atoms with E-state index in [1.54, 1.807) is 12.1 Å². The first kappa shape index (κ1) is 12.6. The molecule has 0 fully saturated rings. The van der Waals surface area contributed by atoms with Crippen LogP contribution in [-0.2, 0) is 13.0 Å². The van der Waals surface area contributed by atoms with Gasteiger partial charge in [-0.3, -0.25) is 4.79 Å². The number of H-pyrrole nitrogens is 1. The monoisotopic (exact) mass is 263 g/mol. The van der Waals surface area contributed by atoms with E-state index in [0.717, 1.165) is 17.7 Å². The molecule has 2 heterocycles. The normalized spacial score (nSPS) is 10.3. The molecule has 18 heavy (non-hydrogen) atoms. The molecule has 0 atom stereocenters. The van der Waals surface area contributed by atoms with Crippen molar-refractivity contribution < 1.29 is 4.79 Å². The fraction of sp³-hybridized carbons (Fsp3) is 0.231. The molecule has 0 bridgehead atoms. The van der Waals surface area contributed by atoms with Crippen LogP contribution in [0.1, 0.15) is 28.5 Å². The van der Waals surface area contributed by atoms with Gasteiger partial charge in [0.1, 0.15) is 5.15 Å². The Hall–Kier alpha value is -1.81. The predicted molar refractivity (Wildman–Crippen MR) is 70.6 cm³/mol. The van der Waals surface area contributed by atoms with Crippen LogP contribution < -0.4 is 5.32 Å². The van der Waals surface area contributed by atoms with Crippen molar-refractivity contribution in [3.8, 4) is 0 Å². The van der Waals surface area contributed by atoms with Crippen molar-refractivity contribution >= 4 is 17.5 Å². The molecule has 2 N–H and O–H groups in total. The number of hydrogen-bond donors (Lipinski definition) is 2. The molecule has 0 saturated carbocycles.